The fraction of sp³-hybridized carbons (Fsp3) is 0.300. The van der Waals surface area contributed by atoms with Crippen molar-refractivity contribution in [3.8, 4) is 17.2 Å². The quantitative estimate of drug-likeness (QED) is 0.394. The third-order valence-corrected chi connectivity index (χ3v) is 5.08. The maximum atomic E-state index is 11.8. The van der Waals surface area contributed by atoms with E-state index in [1.54, 1.807) is 19.1 Å². The third-order valence-electron chi connectivity index (χ3n) is 3.95. The molecule has 0 atom stereocenters. The Morgan fingerprint density at radius 1 is 1.14 bits per heavy atom. The zero-order valence-corrected chi connectivity index (χ0v) is 18.1. The molecule has 150 valence electrons. The Morgan fingerprint density at radius 3 is 2.36 bits per heavy atom. The van der Waals surface area contributed by atoms with Crippen LogP contribution in [-0.4, -0.2) is 16.8 Å². The molecule has 0 spiro atoms. The Balaban J connectivity index is 2.39. The van der Waals surface area contributed by atoms with Gasteiger partial charge in [0.1, 0.15) is 22.3 Å². The molecule has 0 aromatic heterocycles. The van der Waals surface area contributed by atoms with E-state index in [0.717, 1.165) is 5.56 Å². The van der Waals surface area contributed by atoms with E-state index in [9.17, 15) is 14.7 Å². The first-order valence-corrected chi connectivity index (χ1v) is 9.62. The highest BCUT2D eigenvalue weighted by Gasteiger charge is 2.20. The van der Waals surface area contributed by atoms with Gasteiger partial charge in [-0.15, -0.1) is 0 Å². The molecule has 8 heteroatoms. The van der Waals surface area contributed by atoms with Gasteiger partial charge in [-0.05, 0) is 43.5 Å². The number of Topliss-reactive ketones (excluding diaryl/α,β-unsaturated/α-hetero) is 1. The van der Waals surface area contributed by atoms with Crippen molar-refractivity contribution in [2.75, 3.05) is 5.32 Å². The summed E-state index contributed by atoms with van der Waals surface area (Å²) in [7, 11) is 0. The number of nitrogens with one attached hydrogen (secondary N) is 1. The van der Waals surface area contributed by atoms with Crippen LogP contribution in [0.5, 0.6) is 17.2 Å². The Labute approximate surface area is 178 Å². The number of carbonyl (C=O) groups is 2. The largest absolute Gasteiger partial charge is 0.507 e. The van der Waals surface area contributed by atoms with Gasteiger partial charge in [0, 0.05) is 5.56 Å². The lowest BCUT2D eigenvalue weighted by Crippen LogP contribution is -2.15. The van der Waals surface area contributed by atoms with Gasteiger partial charge in [0.15, 0.2) is 5.75 Å². The Hall–Kier alpha value is -1.95. The van der Waals surface area contributed by atoms with Crippen molar-refractivity contribution < 1.29 is 19.4 Å². The maximum absolute atomic E-state index is 11.8. The van der Waals surface area contributed by atoms with Crippen molar-refractivity contribution in [1.82, 2.24) is 0 Å². The lowest BCUT2D eigenvalue weighted by atomic mass is 9.99. The molecule has 0 aliphatic carbocycles. The number of aryl methyl sites for hydroxylation is 1. The number of hydrogen-bond acceptors (Lipinski definition) is 4. The van der Waals surface area contributed by atoms with Crippen molar-refractivity contribution in [1.29, 1.82) is 0 Å². The molecule has 28 heavy (non-hydrogen) atoms. The molecule has 0 saturated heterocycles. The highest BCUT2D eigenvalue weighted by molar-refractivity contribution is 6.46. The van der Waals surface area contributed by atoms with Gasteiger partial charge in [0.2, 0.25) is 5.91 Å². The highest BCUT2D eigenvalue weighted by Crippen LogP contribution is 2.45. The van der Waals surface area contributed by atoms with Crippen molar-refractivity contribution in [2.45, 2.75) is 40.0 Å². The average molecular weight is 445 g/mol. The second kappa shape index (κ2) is 9.03. The molecule has 2 aromatic rings. The van der Waals surface area contributed by atoms with Crippen LogP contribution in [0.1, 0.15) is 44.2 Å². The summed E-state index contributed by atoms with van der Waals surface area (Å²) in [6.07, 6.45) is -0.283. The van der Waals surface area contributed by atoms with Gasteiger partial charge in [0.05, 0.1) is 22.2 Å². The summed E-state index contributed by atoms with van der Waals surface area (Å²) < 4.78 is 5.85. The van der Waals surface area contributed by atoms with E-state index < -0.39 is 5.91 Å². The molecular weight excluding hydrogens is 425 g/mol. The van der Waals surface area contributed by atoms with E-state index in [4.69, 9.17) is 39.5 Å². The van der Waals surface area contributed by atoms with Crippen LogP contribution in [0, 0.1) is 6.92 Å². The monoisotopic (exact) mass is 443 g/mol. The van der Waals surface area contributed by atoms with Gasteiger partial charge in [-0.25, -0.2) is 0 Å². The maximum Gasteiger partial charge on any atom is 0.231 e. The Kier molecular flexibility index (Phi) is 7.21. The van der Waals surface area contributed by atoms with Crippen LogP contribution in [0.3, 0.4) is 0 Å². The van der Waals surface area contributed by atoms with E-state index in [1.807, 2.05) is 13.8 Å². The number of carbonyl (C=O) groups excluding carboxylic acids is 2. The number of halogens is 3. The van der Waals surface area contributed by atoms with Gasteiger partial charge in [0.25, 0.3) is 0 Å². The molecule has 2 aromatic carbocycles. The van der Waals surface area contributed by atoms with E-state index >= 15 is 0 Å². The Morgan fingerprint density at radius 2 is 1.79 bits per heavy atom. The minimum atomic E-state index is -0.522. The van der Waals surface area contributed by atoms with E-state index in [1.165, 1.54) is 13.0 Å². The molecule has 0 heterocycles. The van der Waals surface area contributed by atoms with Crippen LogP contribution in [0.25, 0.3) is 0 Å². The molecule has 0 saturated carbocycles. The summed E-state index contributed by atoms with van der Waals surface area (Å²) in [5.74, 6) is 0.0436. The van der Waals surface area contributed by atoms with E-state index in [2.05, 4.69) is 5.32 Å². The molecule has 0 bridgehead atoms. The molecule has 0 aliphatic heterocycles. The molecule has 0 fully saturated rings. The fourth-order valence-corrected chi connectivity index (χ4v) is 3.29. The smallest absolute Gasteiger partial charge is 0.231 e. The number of anilines is 1. The summed E-state index contributed by atoms with van der Waals surface area (Å²) in [5, 5.41) is 12.9. The summed E-state index contributed by atoms with van der Waals surface area (Å²) in [6, 6.07) is 4.76. The second-order valence-corrected chi connectivity index (χ2v) is 7.89. The number of rotatable bonds is 6. The van der Waals surface area contributed by atoms with Crippen LogP contribution in [-0.2, 0) is 9.59 Å². The number of phenols is 1. The normalized spacial score (nSPS) is 10.9. The van der Waals surface area contributed by atoms with Crippen molar-refractivity contribution in [3.63, 3.8) is 0 Å². The summed E-state index contributed by atoms with van der Waals surface area (Å²) in [5.41, 5.74) is 1.55. The number of aromatic hydroxyl groups is 1. The molecular formula is C20H20Cl3NO4. The number of ketones is 1. The SMILES string of the molecule is CC(=O)CC(=O)Nc1cc(Cl)c(Oc2cc(C)c(O)c(C(C)C)c2)c(Cl)c1Cl. The lowest BCUT2D eigenvalue weighted by Gasteiger charge is -2.17. The number of benzene rings is 2. The fourth-order valence-electron chi connectivity index (χ4n) is 2.57. The zero-order chi connectivity index (χ0) is 21.2. The van der Waals surface area contributed by atoms with Gasteiger partial charge in [-0.3, -0.25) is 9.59 Å². The van der Waals surface area contributed by atoms with Crippen LogP contribution in [0.4, 0.5) is 5.69 Å². The van der Waals surface area contributed by atoms with Gasteiger partial charge in [-0.1, -0.05) is 48.7 Å². The van der Waals surface area contributed by atoms with Crippen molar-refractivity contribution in [3.05, 3.63) is 44.4 Å². The second-order valence-electron chi connectivity index (χ2n) is 6.72. The number of ether oxygens (including phenoxy) is 1. The molecule has 0 radical (unpaired) electrons. The first-order valence-electron chi connectivity index (χ1n) is 8.49. The number of hydrogen-bond donors (Lipinski definition) is 2. The minimum absolute atomic E-state index is 0.0177. The van der Waals surface area contributed by atoms with Crippen LogP contribution >= 0.6 is 34.8 Å². The van der Waals surface area contributed by atoms with Crippen LogP contribution < -0.4 is 10.1 Å². The molecule has 0 aliphatic rings. The molecule has 0 unspecified atom stereocenters. The predicted octanol–water partition coefficient (Wildman–Crippen LogP) is 6.49. The highest BCUT2D eigenvalue weighted by atomic mass is 35.5. The van der Waals surface area contributed by atoms with Gasteiger partial charge in [-0.2, -0.15) is 0 Å². The van der Waals surface area contributed by atoms with Gasteiger partial charge >= 0.3 is 0 Å². The molecule has 2 N–H and O–H groups in total. The summed E-state index contributed by atoms with van der Waals surface area (Å²) in [4.78, 5) is 22.9. The standard InChI is InChI=1S/C20H20Cl3NO4/c1-9(2)13-7-12(5-10(3)19(13)27)28-20-14(21)8-15(17(22)18(20)23)24-16(26)6-11(4)25/h5,7-9,27H,6H2,1-4H3,(H,24,26). The molecule has 1 amide bonds. The minimum Gasteiger partial charge on any atom is -0.507 e. The zero-order valence-electron chi connectivity index (χ0n) is 15.8. The summed E-state index contributed by atoms with van der Waals surface area (Å²) >= 11 is 18.8. The van der Waals surface area contributed by atoms with Crippen LogP contribution in [0.15, 0.2) is 18.2 Å². The number of phenolic OH excluding ortho intramolecular Hbond substituents is 1. The number of amides is 1. The first kappa shape index (κ1) is 22.3. The van der Waals surface area contributed by atoms with Gasteiger partial charge < -0.3 is 15.2 Å². The first-order chi connectivity index (χ1) is 13.0. The third kappa shape index (κ3) is 5.10. The van der Waals surface area contributed by atoms with Crippen molar-refractivity contribution >= 4 is 52.2 Å². The van der Waals surface area contributed by atoms with Crippen molar-refractivity contribution in [2.24, 2.45) is 0 Å². The average Bonchev–Trinajstić information content (AvgIpc) is 2.58. The Bertz CT molecular complexity index is 942. The van der Waals surface area contributed by atoms with Crippen LogP contribution in [0.2, 0.25) is 15.1 Å². The molecule has 2 rings (SSSR count). The topological polar surface area (TPSA) is 75.6 Å². The van der Waals surface area contributed by atoms with E-state index in [0.29, 0.717) is 11.3 Å². The summed E-state index contributed by atoms with van der Waals surface area (Å²) in [6.45, 7) is 6.97. The predicted molar refractivity (Wildman–Crippen MR) is 112 cm³/mol. The lowest BCUT2D eigenvalue weighted by molar-refractivity contribution is -0.124. The van der Waals surface area contributed by atoms with E-state index in [-0.39, 0.29) is 50.4 Å². The molecule has 5 nitrogen and oxygen atoms in total.